The van der Waals surface area contributed by atoms with Crippen molar-refractivity contribution >= 4 is 23.4 Å². The zero-order chi connectivity index (χ0) is 22.9. The molecule has 1 aliphatic heterocycles. The highest BCUT2D eigenvalue weighted by Crippen LogP contribution is 2.65. The number of aryl methyl sites for hydroxylation is 2. The Bertz CT molecular complexity index is 1130. The molecule has 5 heteroatoms. The third-order valence-corrected chi connectivity index (χ3v) is 8.07. The Kier molecular flexibility index (Phi) is 4.58. The lowest BCUT2D eigenvalue weighted by molar-refractivity contribution is -0.146. The average molecular weight is 441 g/mol. The molecule has 2 aromatic rings. The number of rotatable bonds is 5. The van der Waals surface area contributed by atoms with Gasteiger partial charge < -0.3 is 5.32 Å². The Hall–Kier alpha value is -3.21. The molecule has 0 radical (unpaired) electrons. The lowest BCUT2D eigenvalue weighted by Gasteiger charge is -2.37. The van der Waals surface area contributed by atoms with Crippen molar-refractivity contribution in [2.45, 2.75) is 32.7 Å². The highest BCUT2D eigenvalue weighted by molar-refractivity contribution is 6.10. The zero-order valence-corrected chi connectivity index (χ0v) is 18.9. The second-order valence-corrected chi connectivity index (χ2v) is 10.3. The van der Waals surface area contributed by atoms with Crippen LogP contribution in [0.2, 0.25) is 0 Å². The number of nitrogens with one attached hydrogen (secondary N) is 1. The van der Waals surface area contributed by atoms with Crippen molar-refractivity contribution in [3.05, 3.63) is 77.4 Å². The van der Waals surface area contributed by atoms with Crippen molar-refractivity contribution in [2.75, 3.05) is 5.32 Å². The van der Waals surface area contributed by atoms with E-state index in [1.807, 2.05) is 62.4 Å². The fourth-order valence-electron chi connectivity index (χ4n) is 6.70. The van der Waals surface area contributed by atoms with Gasteiger partial charge in [-0.1, -0.05) is 48.6 Å². The summed E-state index contributed by atoms with van der Waals surface area (Å²) in [4.78, 5) is 42.3. The molecule has 2 saturated carbocycles. The van der Waals surface area contributed by atoms with E-state index in [0.717, 1.165) is 23.1 Å². The van der Waals surface area contributed by atoms with Gasteiger partial charge in [0.1, 0.15) is 6.04 Å². The summed E-state index contributed by atoms with van der Waals surface area (Å²) in [7, 11) is 0. The summed E-state index contributed by atoms with van der Waals surface area (Å²) in [5.74, 6) is 0.126. The van der Waals surface area contributed by atoms with Gasteiger partial charge in [0.15, 0.2) is 0 Å². The minimum absolute atomic E-state index is 0.145. The monoisotopic (exact) mass is 440 g/mol. The summed E-state index contributed by atoms with van der Waals surface area (Å²) in [6, 6.07) is 14.6. The van der Waals surface area contributed by atoms with Gasteiger partial charge in [-0.15, -0.1) is 0 Å². The predicted molar refractivity (Wildman–Crippen MR) is 125 cm³/mol. The number of amides is 3. The molecule has 4 aliphatic carbocycles. The van der Waals surface area contributed by atoms with E-state index in [4.69, 9.17) is 0 Å². The first-order valence-electron chi connectivity index (χ1n) is 11.9. The first-order valence-corrected chi connectivity index (χ1v) is 11.9. The molecule has 0 unspecified atom stereocenters. The summed E-state index contributed by atoms with van der Waals surface area (Å²) >= 11 is 0. The molecule has 2 aromatic carbocycles. The zero-order valence-electron chi connectivity index (χ0n) is 18.9. The number of hydrogen-bond acceptors (Lipinski definition) is 3. The van der Waals surface area contributed by atoms with E-state index in [1.54, 1.807) is 0 Å². The van der Waals surface area contributed by atoms with E-state index in [2.05, 4.69) is 17.5 Å². The third-order valence-electron chi connectivity index (χ3n) is 8.07. The van der Waals surface area contributed by atoms with Crippen LogP contribution in [0.25, 0.3) is 0 Å². The average Bonchev–Trinajstić information content (AvgIpc) is 3.56. The highest BCUT2D eigenvalue weighted by atomic mass is 16.2. The summed E-state index contributed by atoms with van der Waals surface area (Å²) in [6.45, 7) is 3.97. The molecular formula is C28H28N2O3. The fourth-order valence-corrected chi connectivity index (χ4v) is 6.70. The topological polar surface area (TPSA) is 66.5 Å². The van der Waals surface area contributed by atoms with Gasteiger partial charge in [-0.25, -0.2) is 0 Å². The molecule has 0 spiro atoms. The van der Waals surface area contributed by atoms with Crippen molar-refractivity contribution in [1.82, 2.24) is 4.90 Å². The minimum Gasteiger partial charge on any atom is -0.324 e. The fraction of sp³-hybridized carbons (Fsp3) is 0.393. The first-order chi connectivity index (χ1) is 15.9. The van der Waals surface area contributed by atoms with E-state index in [0.29, 0.717) is 23.9 Å². The molecule has 3 amide bonds. The number of carbonyl (C=O) groups excluding carboxylic acids is 3. The summed E-state index contributed by atoms with van der Waals surface area (Å²) in [5.41, 5.74) is 3.71. The molecule has 168 valence electrons. The third kappa shape index (κ3) is 3.25. The highest BCUT2D eigenvalue weighted by Gasteiger charge is 2.67. The van der Waals surface area contributed by atoms with Gasteiger partial charge >= 0.3 is 0 Å². The molecule has 3 fully saturated rings. The van der Waals surface area contributed by atoms with Gasteiger partial charge in [-0.2, -0.15) is 0 Å². The van der Waals surface area contributed by atoms with E-state index in [1.165, 1.54) is 4.90 Å². The minimum atomic E-state index is -0.866. The molecule has 2 bridgehead atoms. The summed E-state index contributed by atoms with van der Waals surface area (Å²) in [6.07, 6.45) is 5.76. The summed E-state index contributed by atoms with van der Waals surface area (Å²) in [5, 5.41) is 3.00. The van der Waals surface area contributed by atoms with Crippen LogP contribution in [0.5, 0.6) is 0 Å². The van der Waals surface area contributed by atoms with Crippen LogP contribution in [-0.2, 0) is 20.8 Å². The van der Waals surface area contributed by atoms with Gasteiger partial charge in [0.2, 0.25) is 17.7 Å². The Morgan fingerprint density at radius 3 is 2.09 bits per heavy atom. The molecule has 33 heavy (non-hydrogen) atoms. The van der Waals surface area contributed by atoms with Crippen molar-refractivity contribution in [2.24, 2.45) is 35.5 Å². The standard InChI is InChI=1S/C28H28N2O3/c1-15-10-16(2)12-18(11-15)29-26(31)23(13-17-6-4-3-5-7-17)30-27(32)24-19-8-9-20(22-14-21(19)22)25(24)28(30)33/h3-12,19-25H,13-14H2,1-2H3,(H,29,31)/t19-,20-,21-,22+,23-,24+,25+/m0/s1. The van der Waals surface area contributed by atoms with Crippen LogP contribution < -0.4 is 5.32 Å². The van der Waals surface area contributed by atoms with Crippen LogP contribution in [0.15, 0.2) is 60.7 Å². The number of nitrogens with zero attached hydrogens (tertiary/aromatic N) is 1. The number of likely N-dealkylation sites (tertiary alicyclic amines) is 1. The number of hydrogen-bond donors (Lipinski definition) is 1. The molecule has 5 nitrogen and oxygen atoms in total. The molecule has 7 rings (SSSR count). The van der Waals surface area contributed by atoms with Crippen LogP contribution in [0.4, 0.5) is 5.69 Å². The lowest BCUT2D eigenvalue weighted by atomic mass is 9.63. The SMILES string of the molecule is Cc1cc(C)cc(NC(=O)[C@H](Cc2ccccc2)N2C(=O)[C@@H]3[C@H]4C=C[C@@H]([C@@H]5C[C@H]45)[C@H]3C2=O)c1. The van der Waals surface area contributed by atoms with Gasteiger partial charge in [0.05, 0.1) is 11.8 Å². The van der Waals surface area contributed by atoms with Crippen molar-refractivity contribution < 1.29 is 14.4 Å². The number of imide groups is 1. The van der Waals surface area contributed by atoms with Crippen LogP contribution in [-0.4, -0.2) is 28.7 Å². The Balaban J connectivity index is 1.34. The maximum atomic E-state index is 13.7. The molecule has 1 saturated heterocycles. The number of benzene rings is 2. The Labute approximate surface area is 193 Å². The molecule has 7 atom stereocenters. The Morgan fingerprint density at radius 2 is 1.52 bits per heavy atom. The molecule has 1 heterocycles. The van der Waals surface area contributed by atoms with Crippen molar-refractivity contribution in [3.63, 3.8) is 0 Å². The van der Waals surface area contributed by atoms with Crippen molar-refractivity contribution in [1.29, 1.82) is 0 Å². The van der Waals surface area contributed by atoms with E-state index in [9.17, 15) is 14.4 Å². The van der Waals surface area contributed by atoms with E-state index >= 15 is 0 Å². The second kappa shape index (κ2) is 7.41. The van der Waals surface area contributed by atoms with Gasteiger partial charge in [0, 0.05) is 12.1 Å². The van der Waals surface area contributed by atoms with Crippen LogP contribution >= 0.6 is 0 Å². The maximum Gasteiger partial charge on any atom is 0.248 e. The van der Waals surface area contributed by atoms with Crippen LogP contribution in [0, 0.1) is 49.4 Å². The number of carbonyl (C=O) groups is 3. The number of allylic oxidation sites excluding steroid dienone is 2. The number of anilines is 1. The first kappa shape index (κ1) is 20.4. The normalized spacial score (nSPS) is 31.9. The smallest absolute Gasteiger partial charge is 0.248 e. The predicted octanol–water partition coefficient (Wildman–Crippen LogP) is 3.91. The van der Waals surface area contributed by atoms with Crippen LogP contribution in [0.1, 0.15) is 23.1 Å². The van der Waals surface area contributed by atoms with Gasteiger partial charge in [0.25, 0.3) is 0 Å². The van der Waals surface area contributed by atoms with E-state index < -0.39 is 6.04 Å². The lowest BCUT2D eigenvalue weighted by Crippen LogP contribution is -2.49. The van der Waals surface area contributed by atoms with Gasteiger partial charge in [-0.3, -0.25) is 19.3 Å². The van der Waals surface area contributed by atoms with Crippen LogP contribution in [0.3, 0.4) is 0 Å². The quantitative estimate of drug-likeness (QED) is 0.566. The molecular weight excluding hydrogens is 412 g/mol. The Morgan fingerprint density at radius 1 is 0.939 bits per heavy atom. The molecule has 0 aromatic heterocycles. The largest absolute Gasteiger partial charge is 0.324 e. The maximum absolute atomic E-state index is 13.7. The second-order valence-electron chi connectivity index (χ2n) is 10.3. The summed E-state index contributed by atoms with van der Waals surface area (Å²) < 4.78 is 0. The molecule has 1 N–H and O–H groups in total. The molecule has 5 aliphatic rings. The van der Waals surface area contributed by atoms with Crippen molar-refractivity contribution in [3.8, 4) is 0 Å². The van der Waals surface area contributed by atoms with Gasteiger partial charge in [-0.05, 0) is 72.8 Å². The van der Waals surface area contributed by atoms with E-state index in [-0.39, 0.29) is 41.4 Å².